The lowest BCUT2D eigenvalue weighted by molar-refractivity contribution is -0.143. The Morgan fingerprint density at radius 1 is 1.35 bits per heavy atom. The fourth-order valence-corrected chi connectivity index (χ4v) is 1.68. The van der Waals surface area contributed by atoms with E-state index in [1.54, 1.807) is 24.0 Å². The number of amides is 1. The van der Waals surface area contributed by atoms with Gasteiger partial charge in [-0.2, -0.15) is 23.4 Å². The zero-order valence-corrected chi connectivity index (χ0v) is 10.8. The maximum absolute atomic E-state index is 12.6. The molecule has 6 nitrogen and oxygen atoms in total. The number of nitrogens with zero attached hydrogens (tertiary/aromatic N) is 4. The van der Waals surface area contributed by atoms with Gasteiger partial charge >= 0.3 is 6.18 Å². The number of carbonyl (C=O) groups excluding carboxylic acids is 1. The van der Waals surface area contributed by atoms with Crippen LogP contribution in [0.4, 0.5) is 13.2 Å². The smallest absolute Gasteiger partial charge is 0.345 e. The highest BCUT2D eigenvalue weighted by atomic mass is 19.4. The second-order valence-electron chi connectivity index (χ2n) is 4.17. The molecule has 9 heteroatoms. The third kappa shape index (κ3) is 2.81. The summed E-state index contributed by atoms with van der Waals surface area (Å²) in [5, 5.41) is 9.97. The highest BCUT2D eigenvalue weighted by Crippen LogP contribution is 2.29. The van der Waals surface area contributed by atoms with E-state index in [0.717, 1.165) is 18.8 Å². The highest BCUT2D eigenvalue weighted by molar-refractivity contribution is 5.92. The molecule has 0 saturated carbocycles. The highest BCUT2D eigenvalue weighted by Gasteiger charge is 2.35. The number of hydrogen-bond donors (Lipinski definition) is 1. The van der Waals surface area contributed by atoms with E-state index in [0.29, 0.717) is 4.68 Å². The standard InChI is InChI=1S/C11H12F3N5O/c1-18-7(3-4-16-18)6-15-10(20)8-5-9(11(12,13)14)19(2)17-8/h3-5H,6H2,1-2H3,(H,15,20). The minimum absolute atomic E-state index is 0.160. The van der Waals surface area contributed by atoms with Gasteiger partial charge in [0.05, 0.1) is 12.2 Å². The molecule has 2 aromatic heterocycles. The van der Waals surface area contributed by atoms with Crippen LogP contribution in [0.25, 0.3) is 0 Å². The average Bonchev–Trinajstić information content (AvgIpc) is 2.92. The van der Waals surface area contributed by atoms with E-state index in [-0.39, 0.29) is 12.2 Å². The monoisotopic (exact) mass is 287 g/mol. The maximum atomic E-state index is 12.6. The van der Waals surface area contributed by atoms with Gasteiger partial charge in [-0.05, 0) is 6.07 Å². The molecule has 0 aliphatic carbocycles. The van der Waals surface area contributed by atoms with Crippen LogP contribution in [0, 0.1) is 0 Å². The van der Waals surface area contributed by atoms with Gasteiger partial charge in [-0.15, -0.1) is 0 Å². The molecule has 0 spiro atoms. The molecule has 0 aliphatic heterocycles. The molecule has 1 amide bonds. The largest absolute Gasteiger partial charge is 0.433 e. The van der Waals surface area contributed by atoms with Crippen molar-refractivity contribution in [1.29, 1.82) is 0 Å². The van der Waals surface area contributed by atoms with Gasteiger partial charge < -0.3 is 5.32 Å². The molecule has 2 aromatic rings. The van der Waals surface area contributed by atoms with Crippen LogP contribution >= 0.6 is 0 Å². The number of carbonyl (C=O) groups is 1. The number of nitrogens with one attached hydrogen (secondary N) is 1. The minimum Gasteiger partial charge on any atom is -0.345 e. The molecule has 0 fully saturated rings. The summed E-state index contributed by atoms with van der Waals surface area (Å²) in [6, 6.07) is 2.42. The van der Waals surface area contributed by atoms with Crippen molar-refractivity contribution in [2.75, 3.05) is 0 Å². The van der Waals surface area contributed by atoms with Gasteiger partial charge in [0.25, 0.3) is 5.91 Å². The van der Waals surface area contributed by atoms with Crippen LogP contribution in [0.1, 0.15) is 21.9 Å². The van der Waals surface area contributed by atoms with E-state index in [1.807, 2.05) is 0 Å². The van der Waals surface area contributed by atoms with Crippen LogP contribution in [0.15, 0.2) is 18.3 Å². The van der Waals surface area contributed by atoms with E-state index in [2.05, 4.69) is 15.5 Å². The number of rotatable bonds is 3. The van der Waals surface area contributed by atoms with Crippen LogP contribution < -0.4 is 5.32 Å². The van der Waals surface area contributed by atoms with E-state index in [4.69, 9.17) is 0 Å². The summed E-state index contributed by atoms with van der Waals surface area (Å²) in [5.74, 6) is -0.669. The van der Waals surface area contributed by atoms with Crippen LogP contribution in [0.3, 0.4) is 0 Å². The number of aromatic nitrogens is 4. The lowest BCUT2D eigenvalue weighted by atomic mass is 10.3. The van der Waals surface area contributed by atoms with Crippen LogP contribution in [0.5, 0.6) is 0 Å². The molecule has 20 heavy (non-hydrogen) atoms. The van der Waals surface area contributed by atoms with Gasteiger partial charge in [0.15, 0.2) is 5.69 Å². The molecular formula is C11H12F3N5O. The van der Waals surface area contributed by atoms with Crippen molar-refractivity contribution in [3.8, 4) is 0 Å². The number of halogens is 3. The third-order valence-electron chi connectivity index (χ3n) is 2.76. The van der Waals surface area contributed by atoms with Gasteiger partial charge in [-0.1, -0.05) is 0 Å². The molecule has 1 N–H and O–H groups in total. The summed E-state index contributed by atoms with van der Waals surface area (Å²) in [6.07, 6.45) is -2.98. The molecule has 0 aromatic carbocycles. The summed E-state index contributed by atoms with van der Waals surface area (Å²) in [5.41, 5.74) is -0.518. The Bertz CT molecular complexity index is 628. The zero-order chi connectivity index (χ0) is 14.9. The minimum atomic E-state index is -4.54. The normalized spacial score (nSPS) is 11.7. The van der Waals surface area contributed by atoms with Crippen molar-refractivity contribution in [2.45, 2.75) is 12.7 Å². The number of aryl methyl sites for hydroxylation is 2. The van der Waals surface area contributed by atoms with E-state index < -0.39 is 17.8 Å². The Morgan fingerprint density at radius 3 is 2.55 bits per heavy atom. The molecule has 0 bridgehead atoms. The summed E-state index contributed by atoms with van der Waals surface area (Å²) in [4.78, 5) is 11.8. The fourth-order valence-electron chi connectivity index (χ4n) is 1.68. The summed E-state index contributed by atoms with van der Waals surface area (Å²) < 4.78 is 39.9. The summed E-state index contributed by atoms with van der Waals surface area (Å²) in [7, 11) is 2.84. The summed E-state index contributed by atoms with van der Waals surface area (Å²) in [6.45, 7) is 0.160. The third-order valence-corrected chi connectivity index (χ3v) is 2.76. The SMILES string of the molecule is Cn1nccc1CNC(=O)c1cc(C(F)(F)F)n(C)n1. The molecule has 0 saturated heterocycles. The molecule has 0 atom stereocenters. The molecule has 2 heterocycles. The van der Waals surface area contributed by atoms with Gasteiger partial charge in [0.2, 0.25) is 0 Å². The molecule has 0 radical (unpaired) electrons. The Balaban J connectivity index is 2.09. The lowest BCUT2D eigenvalue weighted by Gasteiger charge is -2.04. The fraction of sp³-hybridized carbons (Fsp3) is 0.364. The number of hydrogen-bond acceptors (Lipinski definition) is 3. The average molecular weight is 287 g/mol. The van der Waals surface area contributed by atoms with Crippen molar-refractivity contribution in [3.63, 3.8) is 0 Å². The quantitative estimate of drug-likeness (QED) is 0.919. The summed E-state index contributed by atoms with van der Waals surface area (Å²) >= 11 is 0. The topological polar surface area (TPSA) is 64.7 Å². The van der Waals surface area contributed by atoms with Gasteiger partial charge in [-0.3, -0.25) is 14.2 Å². The van der Waals surface area contributed by atoms with Crippen molar-refractivity contribution < 1.29 is 18.0 Å². The second-order valence-corrected chi connectivity index (χ2v) is 4.17. The molecule has 108 valence electrons. The predicted octanol–water partition coefficient (Wildman–Crippen LogP) is 1.10. The van der Waals surface area contributed by atoms with Gasteiger partial charge in [0, 0.05) is 26.4 Å². The Morgan fingerprint density at radius 2 is 2.05 bits per heavy atom. The van der Waals surface area contributed by atoms with Gasteiger partial charge in [0.1, 0.15) is 5.69 Å². The first-order chi connectivity index (χ1) is 9.29. The van der Waals surface area contributed by atoms with Crippen LogP contribution in [0.2, 0.25) is 0 Å². The van der Waals surface area contributed by atoms with E-state index >= 15 is 0 Å². The van der Waals surface area contributed by atoms with Crippen molar-refractivity contribution in [3.05, 3.63) is 35.4 Å². The predicted molar refractivity (Wildman–Crippen MR) is 62.6 cm³/mol. The Labute approximate surface area is 112 Å². The van der Waals surface area contributed by atoms with E-state index in [1.165, 1.54) is 0 Å². The first-order valence-electron chi connectivity index (χ1n) is 5.65. The molecule has 0 unspecified atom stereocenters. The maximum Gasteiger partial charge on any atom is 0.433 e. The Hall–Kier alpha value is -2.32. The van der Waals surface area contributed by atoms with E-state index in [9.17, 15) is 18.0 Å². The van der Waals surface area contributed by atoms with Crippen molar-refractivity contribution in [1.82, 2.24) is 24.9 Å². The lowest BCUT2D eigenvalue weighted by Crippen LogP contribution is -2.24. The first-order valence-corrected chi connectivity index (χ1v) is 5.65. The van der Waals surface area contributed by atoms with Crippen molar-refractivity contribution >= 4 is 5.91 Å². The Kier molecular flexibility index (Phi) is 3.51. The van der Waals surface area contributed by atoms with Crippen LogP contribution in [-0.2, 0) is 26.8 Å². The molecular weight excluding hydrogens is 275 g/mol. The molecule has 2 rings (SSSR count). The van der Waals surface area contributed by atoms with Gasteiger partial charge in [-0.25, -0.2) is 0 Å². The molecule has 0 aliphatic rings. The second kappa shape index (κ2) is 4.99. The number of alkyl halides is 3. The van der Waals surface area contributed by atoms with Crippen LogP contribution in [-0.4, -0.2) is 25.5 Å². The first kappa shape index (κ1) is 14.1. The van der Waals surface area contributed by atoms with Crippen molar-refractivity contribution in [2.24, 2.45) is 14.1 Å². The zero-order valence-electron chi connectivity index (χ0n) is 10.8.